The predicted octanol–water partition coefficient (Wildman–Crippen LogP) is 3.31. The molecule has 0 aliphatic carbocycles. The van der Waals surface area contributed by atoms with Crippen LogP contribution in [0.15, 0.2) is 23.7 Å². The van der Waals surface area contributed by atoms with Gasteiger partial charge in [-0.1, -0.05) is 0 Å². The van der Waals surface area contributed by atoms with Crippen molar-refractivity contribution in [2.24, 2.45) is 0 Å². The van der Waals surface area contributed by atoms with Crippen molar-refractivity contribution in [3.63, 3.8) is 0 Å². The lowest BCUT2D eigenvalue weighted by atomic mass is 10.2. The first-order chi connectivity index (χ1) is 11.9. The minimum Gasteiger partial charge on any atom is -0.353 e. The fraction of sp³-hybridized carbons (Fsp3) is 0.438. The number of nitriles is 1. The van der Waals surface area contributed by atoms with Gasteiger partial charge in [0.15, 0.2) is 0 Å². The van der Waals surface area contributed by atoms with E-state index in [9.17, 15) is 18.4 Å². The topological polar surface area (TPSA) is 56.1 Å². The highest BCUT2D eigenvalue weighted by Gasteiger charge is 2.34. The lowest BCUT2D eigenvalue weighted by molar-refractivity contribution is -0.141. The summed E-state index contributed by atoms with van der Waals surface area (Å²) < 4.78 is 38.8. The molecule has 25 heavy (non-hydrogen) atoms. The van der Waals surface area contributed by atoms with Gasteiger partial charge in [0.05, 0.1) is 11.6 Å². The van der Waals surface area contributed by atoms with E-state index >= 15 is 0 Å². The second-order valence-corrected chi connectivity index (χ2v) is 6.67. The number of pyridine rings is 1. The van der Waals surface area contributed by atoms with E-state index in [1.54, 1.807) is 22.4 Å². The van der Waals surface area contributed by atoms with E-state index in [0.29, 0.717) is 26.2 Å². The molecule has 0 aromatic carbocycles. The Morgan fingerprint density at radius 3 is 2.52 bits per heavy atom. The Balaban J connectivity index is 1.75. The van der Waals surface area contributed by atoms with Gasteiger partial charge in [-0.2, -0.15) is 18.4 Å². The van der Waals surface area contributed by atoms with Gasteiger partial charge in [-0.05, 0) is 19.1 Å². The summed E-state index contributed by atoms with van der Waals surface area (Å²) in [7, 11) is 0. The maximum absolute atomic E-state index is 12.9. The lowest BCUT2D eigenvalue weighted by Gasteiger charge is -2.38. The number of alkyl halides is 3. The van der Waals surface area contributed by atoms with Crippen molar-refractivity contribution >= 4 is 17.2 Å². The molecule has 132 valence electrons. The molecule has 0 N–H and O–H groups in total. The molecule has 1 aliphatic heterocycles. The van der Waals surface area contributed by atoms with Gasteiger partial charge in [-0.15, -0.1) is 11.3 Å². The molecule has 9 heteroatoms. The van der Waals surface area contributed by atoms with Crippen molar-refractivity contribution in [3.05, 3.63) is 40.0 Å². The Hall–Kier alpha value is -2.18. The molecule has 0 amide bonds. The third-order valence-electron chi connectivity index (χ3n) is 4.26. The molecule has 1 atom stereocenters. The Morgan fingerprint density at radius 2 is 1.96 bits per heavy atom. The standard InChI is InChI=1S/C16H16F3N5S/c1-11(15-21-4-9-25-15)23-5-7-24(8-6-23)14-12(10-20)2-3-13(22-14)16(17,18)19/h2-4,9,11H,5-8H2,1H3. The zero-order valence-electron chi connectivity index (χ0n) is 13.5. The number of hydrogen-bond acceptors (Lipinski definition) is 6. The van der Waals surface area contributed by atoms with Gasteiger partial charge >= 0.3 is 6.18 Å². The lowest BCUT2D eigenvalue weighted by Crippen LogP contribution is -2.47. The molecule has 2 aromatic rings. The summed E-state index contributed by atoms with van der Waals surface area (Å²) in [6.07, 6.45) is -2.76. The van der Waals surface area contributed by atoms with Crippen molar-refractivity contribution in [3.8, 4) is 6.07 Å². The van der Waals surface area contributed by atoms with Crippen LogP contribution in [0.3, 0.4) is 0 Å². The zero-order chi connectivity index (χ0) is 18.0. The van der Waals surface area contributed by atoms with Crippen LogP contribution in [0.1, 0.15) is 29.2 Å². The summed E-state index contributed by atoms with van der Waals surface area (Å²) in [5, 5.41) is 12.1. The highest BCUT2D eigenvalue weighted by atomic mass is 32.1. The zero-order valence-corrected chi connectivity index (χ0v) is 14.3. The molecule has 3 rings (SSSR count). The van der Waals surface area contributed by atoms with E-state index in [1.165, 1.54) is 6.07 Å². The normalized spacial score (nSPS) is 17.3. The average molecular weight is 367 g/mol. The van der Waals surface area contributed by atoms with E-state index in [-0.39, 0.29) is 17.4 Å². The number of halogens is 3. The fourth-order valence-electron chi connectivity index (χ4n) is 2.85. The first kappa shape index (κ1) is 17.6. The van der Waals surface area contributed by atoms with Gasteiger partial charge in [0.1, 0.15) is 22.6 Å². The second-order valence-electron chi connectivity index (χ2n) is 5.75. The number of rotatable bonds is 3. The quantitative estimate of drug-likeness (QED) is 0.833. The molecule has 2 aromatic heterocycles. The van der Waals surface area contributed by atoms with Crippen molar-refractivity contribution in [1.82, 2.24) is 14.9 Å². The largest absolute Gasteiger partial charge is 0.433 e. The minimum absolute atomic E-state index is 0.110. The number of thiazole rings is 1. The van der Waals surface area contributed by atoms with Gasteiger partial charge in [0, 0.05) is 37.8 Å². The number of nitrogens with zero attached hydrogens (tertiary/aromatic N) is 5. The first-order valence-corrected chi connectivity index (χ1v) is 8.65. The van der Waals surface area contributed by atoms with Crippen LogP contribution in [0.4, 0.5) is 19.0 Å². The molecule has 3 heterocycles. The minimum atomic E-state index is -4.52. The van der Waals surface area contributed by atoms with Crippen molar-refractivity contribution in [1.29, 1.82) is 5.26 Å². The molecular weight excluding hydrogens is 351 g/mol. The third-order valence-corrected chi connectivity index (χ3v) is 5.20. The van der Waals surface area contributed by atoms with Gasteiger partial charge < -0.3 is 4.90 Å². The Bertz CT molecular complexity index is 761. The van der Waals surface area contributed by atoms with E-state index in [2.05, 4.69) is 21.8 Å². The molecule has 1 unspecified atom stereocenters. The number of piperazine rings is 1. The molecule has 0 bridgehead atoms. The van der Waals surface area contributed by atoms with Crippen LogP contribution in [-0.4, -0.2) is 41.0 Å². The van der Waals surface area contributed by atoms with Gasteiger partial charge in [-0.3, -0.25) is 4.90 Å². The predicted molar refractivity (Wildman–Crippen MR) is 88.3 cm³/mol. The van der Waals surface area contributed by atoms with Crippen LogP contribution < -0.4 is 4.90 Å². The molecular formula is C16H16F3N5S. The highest BCUT2D eigenvalue weighted by Crippen LogP contribution is 2.31. The SMILES string of the molecule is CC(c1nccs1)N1CCN(c2nc(C(F)(F)F)ccc2C#N)CC1. The van der Waals surface area contributed by atoms with E-state index in [4.69, 9.17) is 0 Å². The van der Waals surface area contributed by atoms with Crippen LogP contribution in [0, 0.1) is 11.3 Å². The Morgan fingerprint density at radius 1 is 1.24 bits per heavy atom. The number of hydrogen-bond donors (Lipinski definition) is 0. The number of aromatic nitrogens is 2. The van der Waals surface area contributed by atoms with E-state index in [1.807, 2.05) is 11.4 Å². The summed E-state index contributed by atoms with van der Waals surface area (Å²) in [4.78, 5) is 12.0. The van der Waals surface area contributed by atoms with Crippen LogP contribution in [0.25, 0.3) is 0 Å². The van der Waals surface area contributed by atoms with Gasteiger partial charge in [0.2, 0.25) is 0 Å². The summed E-state index contributed by atoms with van der Waals surface area (Å²) in [6, 6.07) is 4.13. The number of anilines is 1. The third kappa shape index (κ3) is 3.75. The van der Waals surface area contributed by atoms with Crippen LogP contribution in [0.2, 0.25) is 0 Å². The van der Waals surface area contributed by atoms with Gasteiger partial charge in [-0.25, -0.2) is 9.97 Å². The summed E-state index contributed by atoms with van der Waals surface area (Å²) in [6.45, 7) is 4.43. The Kier molecular flexibility index (Phi) is 4.92. The molecule has 0 saturated carbocycles. The van der Waals surface area contributed by atoms with Crippen LogP contribution >= 0.6 is 11.3 Å². The molecule has 5 nitrogen and oxygen atoms in total. The average Bonchev–Trinajstić information content (AvgIpc) is 3.14. The monoisotopic (exact) mass is 367 g/mol. The van der Waals surface area contributed by atoms with Crippen molar-refractivity contribution in [2.75, 3.05) is 31.1 Å². The van der Waals surface area contributed by atoms with E-state index in [0.717, 1.165) is 11.1 Å². The van der Waals surface area contributed by atoms with E-state index < -0.39 is 11.9 Å². The molecule has 1 fully saturated rings. The second kappa shape index (κ2) is 6.98. The molecule has 1 saturated heterocycles. The Labute approximate surface area is 147 Å². The van der Waals surface area contributed by atoms with Crippen molar-refractivity contribution in [2.45, 2.75) is 19.1 Å². The van der Waals surface area contributed by atoms with Crippen molar-refractivity contribution < 1.29 is 13.2 Å². The first-order valence-electron chi connectivity index (χ1n) is 7.77. The van der Waals surface area contributed by atoms with Crippen LogP contribution in [0.5, 0.6) is 0 Å². The highest BCUT2D eigenvalue weighted by molar-refractivity contribution is 7.09. The summed E-state index contributed by atoms with van der Waals surface area (Å²) >= 11 is 1.59. The maximum Gasteiger partial charge on any atom is 0.433 e. The summed E-state index contributed by atoms with van der Waals surface area (Å²) in [5.41, 5.74) is -0.811. The molecule has 0 spiro atoms. The molecule has 1 aliphatic rings. The summed E-state index contributed by atoms with van der Waals surface area (Å²) in [5.74, 6) is 0.110. The smallest absolute Gasteiger partial charge is 0.353 e. The van der Waals surface area contributed by atoms with Gasteiger partial charge in [0.25, 0.3) is 0 Å². The molecule has 0 radical (unpaired) electrons. The van der Waals surface area contributed by atoms with Crippen LogP contribution in [-0.2, 0) is 6.18 Å². The fourth-order valence-corrected chi connectivity index (χ4v) is 3.58. The maximum atomic E-state index is 12.9.